The number of aryl methyl sites for hydroxylation is 1. The lowest BCUT2D eigenvalue weighted by molar-refractivity contribution is -0.120. The summed E-state index contributed by atoms with van der Waals surface area (Å²) in [6.45, 7) is 7.58. The summed E-state index contributed by atoms with van der Waals surface area (Å²) in [5, 5.41) is 21.2. The predicted molar refractivity (Wildman–Crippen MR) is 98.9 cm³/mol. The molecule has 0 saturated heterocycles. The van der Waals surface area contributed by atoms with Crippen LogP contribution >= 0.6 is 11.8 Å². The lowest BCUT2D eigenvalue weighted by atomic mass is 9.90. The number of nitriles is 1. The molecule has 0 radical (unpaired) electrons. The van der Waals surface area contributed by atoms with Gasteiger partial charge in [0.25, 0.3) is 0 Å². The minimum absolute atomic E-state index is 0.0224. The summed E-state index contributed by atoms with van der Waals surface area (Å²) in [6.07, 6.45) is 0. The van der Waals surface area contributed by atoms with Gasteiger partial charge in [0.15, 0.2) is 11.0 Å². The van der Waals surface area contributed by atoms with Gasteiger partial charge in [-0.05, 0) is 25.8 Å². The highest BCUT2D eigenvalue weighted by Gasteiger charge is 2.30. The molecule has 0 bridgehead atoms. The maximum Gasteiger partial charge on any atom is 0.231 e. The molecule has 1 unspecified atom stereocenters. The number of hydrogen-bond donors (Lipinski definition) is 1. The van der Waals surface area contributed by atoms with Crippen LogP contribution in [0.25, 0.3) is 11.4 Å². The zero-order chi connectivity index (χ0) is 18.6. The fraction of sp³-hybridized carbons (Fsp3) is 0.444. The molecule has 2 rings (SSSR count). The lowest BCUT2D eigenvalue weighted by Crippen LogP contribution is -2.49. The topological polar surface area (TPSA) is 83.6 Å². The maximum absolute atomic E-state index is 12.2. The van der Waals surface area contributed by atoms with Gasteiger partial charge >= 0.3 is 0 Å². The molecule has 0 aliphatic heterocycles. The van der Waals surface area contributed by atoms with Gasteiger partial charge in [0.1, 0.15) is 5.54 Å². The zero-order valence-electron chi connectivity index (χ0n) is 15.2. The van der Waals surface area contributed by atoms with Gasteiger partial charge in [-0.15, -0.1) is 10.2 Å². The van der Waals surface area contributed by atoms with E-state index in [1.165, 1.54) is 11.8 Å². The van der Waals surface area contributed by atoms with Gasteiger partial charge in [0.05, 0.1) is 11.8 Å². The van der Waals surface area contributed by atoms with Crippen molar-refractivity contribution < 1.29 is 4.79 Å². The number of amides is 1. The van der Waals surface area contributed by atoms with E-state index in [0.29, 0.717) is 5.16 Å². The summed E-state index contributed by atoms with van der Waals surface area (Å²) in [5.74, 6) is 0.775. The second kappa shape index (κ2) is 7.70. The van der Waals surface area contributed by atoms with Gasteiger partial charge in [-0.25, -0.2) is 0 Å². The van der Waals surface area contributed by atoms with Crippen molar-refractivity contribution in [2.75, 3.05) is 5.75 Å². The van der Waals surface area contributed by atoms with E-state index in [-0.39, 0.29) is 17.6 Å². The highest BCUT2D eigenvalue weighted by Crippen LogP contribution is 2.23. The molecule has 1 aromatic carbocycles. The molecule has 1 amide bonds. The van der Waals surface area contributed by atoms with Crippen LogP contribution < -0.4 is 5.32 Å². The average Bonchev–Trinajstić information content (AvgIpc) is 2.93. The van der Waals surface area contributed by atoms with Crippen LogP contribution in [-0.2, 0) is 11.8 Å². The van der Waals surface area contributed by atoms with Crippen molar-refractivity contribution in [1.29, 1.82) is 5.26 Å². The minimum atomic E-state index is -0.871. The molecule has 0 aliphatic carbocycles. The van der Waals surface area contributed by atoms with Crippen molar-refractivity contribution in [2.45, 2.75) is 38.4 Å². The molecule has 1 aromatic heterocycles. The molecule has 6 nitrogen and oxygen atoms in total. The summed E-state index contributed by atoms with van der Waals surface area (Å²) < 4.78 is 1.87. The first-order valence-electron chi connectivity index (χ1n) is 8.08. The molecule has 2 aromatic rings. The molecular weight excluding hydrogens is 334 g/mol. The van der Waals surface area contributed by atoms with Gasteiger partial charge < -0.3 is 9.88 Å². The van der Waals surface area contributed by atoms with Crippen molar-refractivity contribution in [1.82, 2.24) is 20.1 Å². The van der Waals surface area contributed by atoms with Gasteiger partial charge in [-0.3, -0.25) is 4.79 Å². The van der Waals surface area contributed by atoms with Crippen LogP contribution in [0.15, 0.2) is 29.4 Å². The molecule has 1 N–H and O–H groups in total. The number of thioether (sulfide) groups is 1. The average molecular weight is 357 g/mol. The van der Waals surface area contributed by atoms with Crippen LogP contribution in [0.4, 0.5) is 0 Å². The first kappa shape index (κ1) is 19.0. The van der Waals surface area contributed by atoms with Crippen molar-refractivity contribution in [3.63, 3.8) is 0 Å². The quantitative estimate of drug-likeness (QED) is 0.804. The molecule has 132 valence electrons. The summed E-state index contributed by atoms with van der Waals surface area (Å²) in [4.78, 5) is 12.2. The van der Waals surface area contributed by atoms with E-state index in [2.05, 4.69) is 21.6 Å². The Morgan fingerprint density at radius 3 is 2.76 bits per heavy atom. The fourth-order valence-electron chi connectivity index (χ4n) is 2.23. The Hall–Kier alpha value is -2.33. The van der Waals surface area contributed by atoms with Crippen molar-refractivity contribution in [2.24, 2.45) is 13.0 Å². The molecule has 7 heteroatoms. The minimum Gasteiger partial charge on any atom is -0.337 e. The third-order valence-corrected chi connectivity index (χ3v) is 5.25. The molecular formula is C18H23N5OS. The predicted octanol–water partition coefficient (Wildman–Crippen LogP) is 2.94. The molecule has 1 heterocycles. The van der Waals surface area contributed by atoms with Crippen LogP contribution in [0.5, 0.6) is 0 Å². The SMILES string of the molecule is Cc1cccc(-c2nnc(SCC(=O)NC(C)(C#N)C(C)C)n2C)c1. The van der Waals surface area contributed by atoms with Gasteiger partial charge in [0, 0.05) is 12.6 Å². The Morgan fingerprint density at radius 1 is 1.44 bits per heavy atom. The summed E-state index contributed by atoms with van der Waals surface area (Å²) in [7, 11) is 1.88. The zero-order valence-corrected chi connectivity index (χ0v) is 16.0. The van der Waals surface area contributed by atoms with Crippen LogP contribution in [0, 0.1) is 24.2 Å². The number of nitrogens with one attached hydrogen (secondary N) is 1. The van der Waals surface area contributed by atoms with Crippen LogP contribution in [0.2, 0.25) is 0 Å². The third kappa shape index (κ3) is 4.40. The molecule has 0 fully saturated rings. The highest BCUT2D eigenvalue weighted by molar-refractivity contribution is 7.99. The maximum atomic E-state index is 12.2. The van der Waals surface area contributed by atoms with Crippen molar-refractivity contribution >= 4 is 17.7 Å². The van der Waals surface area contributed by atoms with E-state index >= 15 is 0 Å². The highest BCUT2D eigenvalue weighted by atomic mass is 32.2. The Morgan fingerprint density at radius 2 is 2.16 bits per heavy atom. The lowest BCUT2D eigenvalue weighted by Gasteiger charge is -2.27. The van der Waals surface area contributed by atoms with E-state index in [1.807, 2.05) is 56.7 Å². The van der Waals surface area contributed by atoms with E-state index < -0.39 is 5.54 Å². The Kier molecular flexibility index (Phi) is 5.85. The second-order valence-electron chi connectivity index (χ2n) is 6.54. The number of aromatic nitrogens is 3. The van der Waals surface area contributed by atoms with Gasteiger partial charge in [-0.2, -0.15) is 5.26 Å². The molecule has 1 atom stereocenters. The Labute approximate surface area is 152 Å². The monoisotopic (exact) mass is 357 g/mol. The first-order valence-corrected chi connectivity index (χ1v) is 9.07. The Balaban J connectivity index is 2.05. The summed E-state index contributed by atoms with van der Waals surface area (Å²) in [6, 6.07) is 10.2. The van der Waals surface area contributed by atoms with E-state index in [9.17, 15) is 10.1 Å². The normalized spacial score (nSPS) is 13.3. The molecule has 0 saturated carbocycles. The number of carbonyl (C=O) groups excluding carboxylic acids is 1. The number of hydrogen-bond acceptors (Lipinski definition) is 5. The summed E-state index contributed by atoms with van der Waals surface area (Å²) >= 11 is 1.31. The van der Waals surface area contributed by atoms with Crippen molar-refractivity contribution in [3.8, 4) is 17.5 Å². The summed E-state index contributed by atoms with van der Waals surface area (Å²) in [5.41, 5.74) is 1.27. The molecule has 0 aliphatic rings. The van der Waals surface area contributed by atoms with Crippen LogP contribution in [0.3, 0.4) is 0 Å². The number of carbonyl (C=O) groups is 1. The first-order chi connectivity index (χ1) is 11.8. The smallest absolute Gasteiger partial charge is 0.231 e. The number of nitrogens with zero attached hydrogens (tertiary/aromatic N) is 4. The largest absolute Gasteiger partial charge is 0.337 e. The van der Waals surface area contributed by atoms with E-state index in [1.54, 1.807) is 6.92 Å². The van der Waals surface area contributed by atoms with Crippen molar-refractivity contribution in [3.05, 3.63) is 29.8 Å². The molecule has 25 heavy (non-hydrogen) atoms. The van der Waals surface area contributed by atoms with Gasteiger partial charge in [-0.1, -0.05) is 49.4 Å². The molecule has 0 spiro atoms. The van der Waals surface area contributed by atoms with Crippen LogP contribution in [-0.4, -0.2) is 32.0 Å². The second-order valence-corrected chi connectivity index (χ2v) is 7.48. The standard InChI is InChI=1S/C18H23N5OS/c1-12(2)18(4,11-19)20-15(24)10-25-17-22-21-16(23(17)5)14-8-6-7-13(3)9-14/h6-9,12H,10H2,1-5H3,(H,20,24). The Bertz CT molecular complexity index is 808. The third-order valence-electron chi connectivity index (χ3n) is 4.23. The number of rotatable bonds is 6. The number of benzene rings is 1. The van der Waals surface area contributed by atoms with E-state index in [4.69, 9.17) is 0 Å². The van der Waals surface area contributed by atoms with E-state index in [0.717, 1.165) is 17.0 Å². The van der Waals surface area contributed by atoms with Crippen LogP contribution in [0.1, 0.15) is 26.3 Å². The fourth-order valence-corrected chi connectivity index (χ4v) is 2.94. The van der Waals surface area contributed by atoms with Gasteiger partial charge in [0.2, 0.25) is 5.91 Å².